The highest BCUT2D eigenvalue weighted by molar-refractivity contribution is 9.10. The van der Waals surface area contributed by atoms with Crippen molar-refractivity contribution in [2.75, 3.05) is 6.61 Å². The second-order valence-corrected chi connectivity index (χ2v) is 4.15. The van der Waals surface area contributed by atoms with Gasteiger partial charge in [0.1, 0.15) is 12.4 Å². The van der Waals surface area contributed by atoms with Crippen LogP contribution in [0, 0.1) is 0 Å². The summed E-state index contributed by atoms with van der Waals surface area (Å²) in [6.45, 7) is 2.38. The Hall–Kier alpha value is -1.55. The highest BCUT2D eigenvalue weighted by atomic mass is 79.9. The maximum atomic E-state index is 10.5. The topological polar surface area (TPSA) is 46.5 Å². The lowest BCUT2D eigenvalue weighted by Gasteiger charge is -2.07. The fraction of sp³-hybridized carbons (Fsp3) is 0.154. The largest absolute Gasteiger partial charge is 0.489 e. The van der Waals surface area contributed by atoms with Crippen molar-refractivity contribution in [3.05, 3.63) is 46.5 Å². The van der Waals surface area contributed by atoms with E-state index in [1.807, 2.05) is 31.2 Å². The van der Waals surface area contributed by atoms with E-state index in [2.05, 4.69) is 15.9 Å². The maximum Gasteiger partial charge on any atom is 0.328 e. The van der Waals surface area contributed by atoms with Crippen molar-refractivity contribution in [1.29, 1.82) is 0 Å². The van der Waals surface area contributed by atoms with Gasteiger partial charge in [-0.15, -0.1) is 0 Å². The lowest BCUT2D eigenvalue weighted by molar-refractivity contribution is -0.131. The second kappa shape index (κ2) is 6.91. The van der Waals surface area contributed by atoms with Crippen LogP contribution in [0.3, 0.4) is 0 Å². The standard InChI is InChI=1S/C13H13BrO3/c1-2-3-8-17-12-6-5-11(14)9-10(12)4-7-13(15)16/h2-7,9H,8H2,1H3,(H,15,16)/b3-2+,7-4+. The third kappa shape index (κ3) is 4.87. The number of halogens is 1. The monoisotopic (exact) mass is 296 g/mol. The minimum Gasteiger partial charge on any atom is -0.489 e. The number of hydrogen-bond donors (Lipinski definition) is 1. The summed E-state index contributed by atoms with van der Waals surface area (Å²) >= 11 is 3.33. The Labute approximate surface area is 109 Å². The van der Waals surface area contributed by atoms with Crippen molar-refractivity contribution in [2.45, 2.75) is 6.92 Å². The molecule has 0 aliphatic rings. The maximum absolute atomic E-state index is 10.5. The summed E-state index contributed by atoms with van der Waals surface area (Å²) < 4.78 is 6.39. The molecule has 0 unspecified atom stereocenters. The van der Waals surface area contributed by atoms with Gasteiger partial charge in [0.15, 0.2) is 0 Å². The van der Waals surface area contributed by atoms with Crippen LogP contribution in [-0.2, 0) is 4.79 Å². The molecular weight excluding hydrogens is 284 g/mol. The van der Waals surface area contributed by atoms with Crippen molar-refractivity contribution in [2.24, 2.45) is 0 Å². The molecule has 0 heterocycles. The van der Waals surface area contributed by atoms with Gasteiger partial charge in [-0.1, -0.05) is 28.1 Å². The molecular formula is C13H13BrO3. The fourth-order valence-electron chi connectivity index (χ4n) is 1.18. The number of ether oxygens (including phenoxy) is 1. The molecule has 1 aromatic carbocycles. The summed E-state index contributed by atoms with van der Waals surface area (Å²) in [6, 6.07) is 5.46. The van der Waals surface area contributed by atoms with E-state index < -0.39 is 5.97 Å². The highest BCUT2D eigenvalue weighted by Crippen LogP contribution is 2.24. The van der Waals surface area contributed by atoms with E-state index >= 15 is 0 Å². The summed E-state index contributed by atoms with van der Waals surface area (Å²) in [5.41, 5.74) is 0.728. The molecule has 1 rings (SSSR count). The van der Waals surface area contributed by atoms with Crippen LogP contribution in [-0.4, -0.2) is 17.7 Å². The van der Waals surface area contributed by atoms with Crippen LogP contribution in [0.1, 0.15) is 12.5 Å². The van der Waals surface area contributed by atoms with Crippen LogP contribution in [0.5, 0.6) is 5.75 Å². The molecule has 4 heteroatoms. The Morgan fingerprint density at radius 1 is 1.53 bits per heavy atom. The third-order valence-corrected chi connectivity index (χ3v) is 2.44. The number of benzene rings is 1. The van der Waals surface area contributed by atoms with Crippen LogP contribution in [0.15, 0.2) is 40.9 Å². The molecule has 0 radical (unpaired) electrons. The van der Waals surface area contributed by atoms with E-state index in [-0.39, 0.29) is 0 Å². The Bertz CT molecular complexity index is 450. The lowest BCUT2D eigenvalue weighted by Crippen LogP contribution is -1.95. The molecule has 3 nitrogen and oxygen atoms in total. The van der Waals surface area contributed by atoms with Crippen molar-refractivity contribution >= 4 is 28.0 Å². The van der Waals surface area contributed by atoms with Gasteiger partial charge in [-0.25, -0.2) is 4.79 Å². The first-order chi connectivity index (χ1) is 8.13. The van der Waals surface area contributed by atoms with Crippen molar-refractivity contribution in [1.82, 2.24) is 0 Å². The first-order valence-corrected chi connectivity index (χ1v) is 5.87. The van der Waals surface area contributed by atoms with Gasteiger partial charge in [0.25, 0.3) is 0 Å². The zero-order valence-electron chi connectivity index (χ0n) is 9.39. The van der Waals surface area contributed by atoms with Crippen molar-refractivity contribution in [3.8, 4) is 5.75 Å². The smallest absolute Gasteiger partial charge is 0.328 e. The number of carboxylic acids is 1. The molecule has 0 bridgehead atoms. The van der Waals surface area contributed by atoms with Crippen molar-refractivity contribution in [3.63, 3.8) is 0 Å². The van der Waals surface area contributed by atoms with Crippen LogP contribution >= 0.6 is 15.9 Å². The Kier molecular flexibility index (Phi) is 5.49. The van der Waals surface area contributed by atoms with E-state index in [1.54, 1.807) is 6.07 Å². The zero-order valence-corrected chi connectivity index (χ0v) is 11.0. The summed E-state index contributed by atoms with van der Waals surface area (Å²) in [4.78, 5) is 10.5. The number of allylic oxidation sites excluding steroid dienone is 1. The minimum absolute atomic E-state index is 0.464. The van der Waals surface area contributed by atoms with Crippen molar-refractivity contribution < 1.29 is 14.6 Å². The van der Waals surface area contributed by atoms with Crippen LogP contribution in [0.25, 0.3) is 6.08 Å². The van der Waals surface area contributed by atoms with Gasteiger partial charge in [0.2, 0.25) is 0 Å². The van der Waals surface area contributed by atoms with E-state index in [0.717, 1.165) is 16.1 Å². The van der Waals surface area contributed by atoms with Gasteiger partial charge in [-0.2, -0.15) is 0 Å². The summed E-state index contributed by atoms with van der Waals surface area (Å²) in [7, 11) is 0. The molecule has 0 aliphatic heterocycles. The van der Waals surface area contributed by atoms with E-state index in [0.29, 0.717) is 12.4 Å². The molecule has 0 fully saturated rings. The third-order valence-electron chi connectivity index (χ3n) is 1.95. The predicted molar refractivity (Wildman–Crippen MR) is 71.1 cm³/mol. The highest BCUT2D eigenvalue weighted by Gasteiger charge is 2.01. The molecule has 0 saturated heterocycles. The molecule has 1 aromatic rings. The number of aliphatic carboxylic acids is 1. The quantitative estimate of drug-likeness (QED) is 0.668. The van der Waals surface area contributed by atoms with Gasteiger partial charge < -0.3 is 9.84 Å². The van der Waals surface area contributed by atoms with E-state index in [9.17, 15) is 4.79 Å². The fourth-order valence-corrected chi connectivity index (χ4v) is 1.55. The molecule has 0 aliphatic carbocycles. The Morgan fingerprint density at radius 3 is 2.94 bits per heavy atom. The Balaban J connectivity index is 2.91. The number of carboxylic acid groups (broad SMARTS) is 1. The van der Waals surface area contributed by atoms with Crippen LogP contribution in [0.2, 0.25) is 0 Å². The van der Waals surface area contributed by atoms with E-state index in [4.69, 9.17) is 9.84 Å². The lowest BCUT2D eigenvalue weighted by atomic mass is 10.2. The van der Waals surface area contributed by atoms with Gasteiger partial charge in [0, 0.05) is 16.1 Å². The summed E-state index contributed by atoms with van der Waals surface area (Å²) in [5, 5.41) is 8.60. The molecule has 0 atom stereocenters. The van der Waals surface area contributed by atoms with Gasteiger partial charge in [-0.3, -0.25) is 0 Å². The molecule has 17 heavy (non-hydrogen) atoms. The predicted octanol–water partition coefficient (Wildman–Crippen LogP) is 3.50. The molecule has 0 aromatic heterocycles. The minimum atomic E-state index is -0.982. The SMILES string of the molecule is C/C=C/COc1ccc(Br)cc1/C=C/C(=O)O. The Morgan fingerprint density at radius 2 is 2.29 bits per heavy atom. The van der Waals surface area contributed by atoms with Crippen LogP contribution < -0.4 is 4.74 Å². The zero-order chi connectivity index (χ0) is 12.7. The number of carbonyl (C=O) groups is 1. The summed E-state index contributed by atoms with van der Waals surface area (Å²) in [6.07, 6.45) is 6.38. The first-order valence-electron chi connectivity index (χ1n) is 5.08. The second-order valence-electron chi connectivity index (χ2n) is 3.23. The average molecular weight is 297 g/mol. The summed E-state index contributed by atoms with van der Waals surface area (Å²) in [5.74, 6) is -0.326. The normalized spacial score (nSPS) is 11.2. The average Bonchev–Trinajstić information content (AvgIpc) is 2.29. The van der Waals surface area contributed by atoms with Gasteiger partial charge in [0.05, 0.1) is 0 Å². The van der Waals surface area contributed by atoms with Gasteiger partial charge in [-0.05, 0) is 31.2 Å². The van der Waals surface area contributed by atoms with E-state index in [1.165, 1.54) is 6.08 Å². The number of hydrogen-bond acceptors (Lipinski definition) is 2. The number of rotatable bonds is 5. The molecule has 0 saturated carbocycles. The molecule has 0 spiro atoms. The van der Waals surface area contributed by atoms with Crippen LogP contribution in [0.4, 0.5) is 0 Å². The molecule has 1 N–H and O–H groups in total. The molecule has 0 amide bonds. The first kappa shape index (κ1) is 13.5. The molecule has 90 valence electrons. The van der Waals surface area contributed by atoms with Gasteiger partial charge >= 0.3 is 5.97 Å².